The van der Waals surface area contributed by atoms with Crippen molar-refractivity contribution in [3.63, 3.8) is 0 Å². The van der Waals surface area contributed by atoms with E-state index < -0.39 is 6.04 Å². The monoisotopic (exact) mass is 241 g/mol. The predicted octanol–water partition coefficient (Wildman–Crippen LogP) is -0.0457. The first kappa shape index (κ1) is 14.0. The molecule has 1 aliphatic rings. The van der Waals surface area contributed by atoms with Gasteiger partial charge in [-0.25, -0.2) is 0 Å². The molecule has 5 nitrogen and oxygen atoms in total. The van der Waals surface area contributed by atoms with Gasteiger partial charge in [0, 0.05) is 13.6 Å². The van der Waals surface area contributed by atoms with E-state index >= 15 is 0 Å². The van der Waals surface area contributed by atoms with Crippen molar-refractivity contribution in [3.05, 3.63) is 0 Å². The Kier molecular flexibility index (Phi) is 4.93. The minimum absolute atomic E-state index is 0.0441. The normalized spacial score (nSPS) is 16.8. The molecule has 0 aromatic carbocycles. The van der Waals surface area contributed by atoms with Crippen molar-refractivity contribution >= 4 is 11.8 Å². The zero-order valence-electron chi connectivity index (χ0n) is 10.9. The lowest BCUT2D eigenvalue weighted by atomic mass is 10.1. The molecule has 2 amide bonds. The van der Waals surface area contributed by atoms with E-state index in [-0.39, 0.29) is 24.3 Å². The molecule has 0 unspecified atom stereocenters. The highest BCUT2D eigenvalue weighted by molar-refractivity contribution is 5.87. The van der Waals surface area contributed by atoms with Crippen molar-refractivity contribution in [3.8, 4) is 0 Å². The quantitative estimate of drug-likeness (QED) is 0.685. The molecule has 0 aromatic rings. The summed E-state index contributed by atoms with van der Waals surface area (Å²) in [4.78, 5) is 24.9. The number of hydrogen-bond acceptors (Lipinski definition) is 3. The molecule has 17 heavy (non-hydrogen) atoms. The highest BCUT2D eigenvalue weighted by atomic mass is 16.2. The molecular weight excluding hydrogens is 218 g/mol. The Hall–Kier alpha value is -1.10. The number of rotatable bonds is 6. The summed E-state index contributed by atoms with van der Waals surface area (Å²) in [5, 5.41) is 2.58. The standard InChI is InChI=1S/C12H23N3O2/c1-8(2)11(13)12(17)14-6-10(16)15(3)7-9-4-5-9/h8-9,11H,4-7,13H2,1-3H3,(H,14,17)/t11-/m0/s1. The predicted molar refractivity (Wildman–Crippen MR) is 66.2 cm³/mol. The summed E-state index contributed by atoms with van der Waals surface area (Å²) >= 11 is 0. The summed E-state index contributed by atoms with van der Waals surface area (Å²) < 4.78 is 0. The second kappa shape index (κ2) is 6.00. The van der Waals surface area contributed by atoms with E-state index in [1.54, 1.807) is 11.9 Å². The summed E-state index contributed by atoms with van der Waals surface area (Å²) in [6, 6.07) is -0.545. The molecule has 0 heterocycles. The maximum atomic E-state index is 11.7. The van der Waals surface area contributed by atoms with Gasteiger partial charge < -0.3 is 16.0 Å². The molecule has 0 spiro atoms. The fourth-order valence-corrected chi connectivity index (χ4v) is 1.51. The van der Waals surface area contributed by atoms with Crippen molar-refractivity contribution < 1.29 is 9.59 Å². The van der Waals surface area contributed by atoms with Crippen molar-refractivity contribution in [2.24, 2.45) is 17.6 Å². The lowest BCUT2D eigenvalue weighted by Gasteiger charge is -2.19. The van der Waals surface area contributed by atoms with Gasteiger partial charge in [-0.3, -0.25) is 9.59 Å². The lowest BCUT2D eigenvalue weighted by molar-refractivity contribution is -0.132. The van der Waals surface area contributed by atoms with E-state index in [2.05, 4.69) is 5.32 Å². The van der Waals surface area contributed by atoms with Crippen LogP contribution in [-0.4, -0.2) is 42.9 Å². The van der Waals surface area contributed by atoms with E-state index in [9.17, 15) is 9.59 Å². The number of carbonyl (C=O) groups is 2. The molecule has 0 radical (unpaired) electrons. The summed E-state index contributed by atoms with van der Waals surface area (Å²) in [5.41, 5.74) is 5.68. The van der Waals surface area contributed by atoms with Crippen LogP contribution >= 0.6 is 0 Å². The minimum Gasteiger partial charge on any atom is -0.346 e. The van der Waals surface area contributed by atoms with E-state index in [1.165, 1.54) is 12.8 Å². The van der Waals surface area contributed by atoms with E-state index in [1.807, 2.05) is 13.8 Å². The largest absolute Gasteiger partial charge is 0.346 e. The number of amides is 2. The zero-order chi connectivity index (χ0) is 13.0. The maximum Gasteiger partial charge on any atom is 0.241 e. The van der Waals surface area contributed by atoms with Crippen LogP contribution in [0.2, 0.25) is 0 Å². The molecule has 0 bridgehead atoms. The van der Waals surface area contributed by atoms with Crippen LogP contribution in [0.4, 0.5) is 0 Å². The number of nitrogens with zero attached hydrogens (tertiary/aromatic N) is 1. The summed E-state index contributed by atoms with van der Waals surface area (Å²) in [6.45, 7) is 4.60. The van der Waals surface area contributed by atoms with Crippen LogP contribution in [0.25, 0.3) is 0 Å². The molecule has 98 valence electrons. The number of hydrogen-bond donors (Lipinski definition) is 2. The lowest BCUT2D eigenvalue weighted by Crippen LogP contribution is -2.47. The Morgan fingerprint density at radius 2 is 2.00 bits per heavy atom. The maximum absolute atomic E-state index is 11.7. The van der Waals surface area contributed by atoms with Gasteiger partial charge in [0.2, 0.25) is 11.8 Å². The van der Waals surface area contributed by atoms with Gasteiger partial charge in [0.05, 0.1) is 12.6 Å². The van der Waals surface area contributed by atoms with Gasteiger partial charge in [0.25, 0.3) is 0 Å². The Morgan fingerprint density at radius 3 is 2.47 bits per heavy atom. The third-order valence-electron chi connectivity index (χ3n) is 3.09. The Bertz CT molecular complexity index is 287. The van der Waals surface area contributed by atoms with Crippen LogP contribution in [-0.2, 0) is 9.59 Å². The number of nitrogens with two attached hydrogens (primary N) is 1. The highest BCUT2D eigenvalue weighted by Gasteiger charge is 2.25. The molecule has 0 saturated heterocycles. The van der Waals surface area contributed by atoms with Crippen LogP contribution in [0.5, 0.6) is 0 Å². The molecule has 0 aromatic heterocycles. The number of carbonyl (C=O) groups excluding carboxylic acids is 2. The van der Waals surface area contributed by atoms with Gasteiger partial charge in [0.15, 0.2) is 0 Å². The highest BCUT2D eigenvalue weighted by Crippen LogP contribution is 2.29. The van der Waals surface area contributed by atoms with Gasteiger partial charge in [0.1, 0.15) is 0 Å². The molecule has 1 atom stereocenters. The first-order valence-corrected chi connectivity index (χ1v) is 6.19. The Morgan fingerprint density at radius 1 is 1.41 bits per heavy atom. The van der Waals surface area contributed by atoms with Crippen LogP contribution in [0.1, 0.15) is 26.7 Å². The first-order chi connectivity index (χ1) is 7.91. The fourth-order valence-electron chi connectivity index (χ4n) is 1.51. The first-order valence-electron chi connectivity index (χ1n) is 6.19. The van der Waals surface area contributed by atoms with Gasteiger partial charge in [-0.2, -0.15) is 0 Å². The van der Waals surface area contributed by atoms with Crippen LogP contribution in [0.3, 0.4) is 0 Å². The smallest absolute Gasteiger partial charge is 0.241 e. The summed E-state index contributed by atoms with van der Waals surface area (Å²) in [6.07, 6.45) is 2.42. The third kappa shape index (κ3) is 4.73. The second-order valence-electron chi connectivity index (χ2n) is 5.21. The average Bonchev–Trinajstić information content (AvgIpc) is 3.07. The van der Waals surface area contributed by atoms with Crippen LogP contribution < -0.4 is 11.1 Å². The molecule has 0 aliphatic heterocycles. The van der Waals surface area contributed by atoms with Crippen molar-refractivity contribution in [2.75, 3.05) is 20.1 Å². The van der Waals surface area contributed by atoms with Crippen LogP contribution in [0.15, 0.2) is 0 Å². The molecule has 1 saturated carbocycles. The average molecular weight is 241 g/mol. The SMILES string of the molecule is CC(C)[C@H](N)C(=O)NCC(=O)N(C)CC1CC1. The van der Waals surface area contributed by atoms with Crippen LogP contribution in [0, 0.1) is 11.8 Å². The van der Waals surface area contributed by atoms with E-state index in [4.69, 9.17) is 5.73 Å². The fraction of sp³-hybridized carbons (Fsp3) is 0.833. The molecule has 1 aliphatic carbocycles. The molecular formula is C12H23N3O2. The summed E-state index contributed by atoms with van der Waals surface area (Å²) in [5.74, 6) is 0.432. The third-order valence-corrected chi connectivity index (χ3v) is 3.09. The zero-order valence-corrected chi connectivity index (χ0v) is 10.9. The van der Waals surface area contributed by atoms with E-state index in [0.29, 0.717) is 5.92 Å². The number of nitrogens with one attached hydrogen (secondary N) is 1. The Labute approximate surface area is 103 Å². The van der Waals surface area contributed by atoms with Gasteiger partial charge >= 0.3 is 0 Å². The van der Waals surface area contributed by atoms with Gasteiger partial charge in [-0.05, 0) is 24.7 Å². The topological polar surface area (TPSA) is 75.4 Å². The molecule has 5 heteroatoms. The van der Waals surface area contributed by atoms with Gasteiger partial charge in [-0.15, -0.1) is 0 Å². The summed E-state index contributed by atoms with van der Waals surface area (Å²) in [7, 11) is 1.77. The molecule has 1 rings (SSSR count). The van der Waals surface area contributed by atoms with Crippen molar-refractivity contribution in [1.82, 2.24) is 10.2 Å². The second-order valence-corrected chi connectivity index (χ2v) is 5.21. The van der Waals surface area contributed by atoms with Crippen molar-refractivity contribution in [1.29, 1.82) is 0 Å². The van der Waals surface area contributed by atoms with E-state index in [0.717, 1.165) is 6.54 Å². The molecule has 3 N–H and O–H groups in total. The number of likely N-dealkylation sites (N-methyl/N-ethyl adjacent to an activating group) is 1. The minimum atomic E-state index is -0.545. The Balaban J connectivity index is 2.24. The van der Waals surface area contributed by atoms with Gasteiger partial charge in [-0.1, -0.05) is 13.8 Å². The van der Waals surface area contributed by atoms with Crippen molar-refractivity contribution in [2.45, 2.75) is 32.7 Å². The molecule has 1 fully saturated rings.